The van der Waals surface area contributed by atoms with Crippen LogP contribution >= 0.6 is 0 Å². The standard InChI is InChI=1S/C18H17N5O/c19-18-21-7-13-14(22-18)6-5-12(17(13)24)16-11-4-2-1-3-10(11)15-8-20-9-23(15)16/h1-4,7-9,12,16-17,24H,5-6H2,(H2,19,21,22)/t12-,16?,17-/m1/s1. The van der Waals surface area contributed by atoms with Gasteiger partial charge in [-0.1, -0.05) is 24.3 Å². The Morgan fingerprint density at radius 1 is 1.17 bits per heavy atom. The molecule has 0 saturated heterocycles. The summed E-state index contributed by atoms with van der Waals surface area (Å²) in [5, 5.41) is 11.0. The van der Waals surface area contributed by atoms with Crippen molar-refractivity contribution >= 4 is 5.95 Å². The second-order valence-corrected chi connectivity index (χ2v) is 6.50. The Labute approximate surface area is 139 Å². The molecule has 120 valence electrons. The molecule has 5 rings (SSSR count). The van der Waals surface area contributed by atoms with Crippen LogP contribution in [-0.2, 0) is 6.42 Å². The van der Waals surface area contributed by atoms with E-state index in [4.69, 9.17) is 5.73 Å². The van der Waals surface area contributed by atoms with Gasteiger partial charge in [0.2, 0.25) is 5.95 Å². The Morgan fingerprint density at radius 3 is 2.96 bits per heavy atom. The topological polar surface area (TPSA) is 89.9 Å². The van der Waals surface area contributed by atoms with Gasteiger partial charge in [-0.3, -0.25) is 0 Å². The fourth-order valence-electron chi connectivity index (χ4n) is 4.22. The van der Waals surface area contributed by atoms with E-state index in [1.807, 2.05) is 18.6 Å². The van der Waals surface area contributed by atoms with E-state index in [2.05, 4.69) is 37.7 Å². The molecule has 3 atom stereocenters. The van der Waals surface area contributed by atoms with Crippen LogP contribution in [0, 0.1) is 5.92 Å². The fourth-order valence-corrected chi connectivity index (χ4v) is 4.22. The van der Waals surface area contributed by atoms with E-state index < -0.39 is 6.10 Å². The fraction of sp³-hybridized carbons (Fsp3) is 0.278. The second kappa shape index (κ2) is 4.88. The molecule has 2 aromatic heterocycles. The first kappa shape index (κ1) is 13.7. The van der Waals surface area contributed by atoms with E-state index >= 15 is 0 Å². The van der Waals surface area contributed by atoms with Crippen LogP contribution in [0.4, 0.5) is 5.95 Å². The third-order valence-corrected chi connectivity index (χ3v) is 5.28. The van der Waals surface area contributed by atoms with Crippen molar-refractivity contribution in [1.82, 2.24) is 19.5 Å². The van der Waals surface area contributed by atoms with Crippen LogP contribution in [-0.4, -0.2) is 24.6 Å². The van der Waals surface area contributed by atoms with E-state index in [1.165, 1.54) is 11.1 Å². The van der Waals surface area contributed by atoms with Crippen molar-refractivity contribution in [2.45, 2.75) is 25.0 Å². The Kier molecular flexibility index (Phi) is 2.78. The van der Waals surface area contributed by atoms with Gasteiger partial charge in [-0.05, 0) is 18.4 Å². The number of imidazole rings is 1. The highest BCUT2D eigenvalue weighted by Crippen LogP contribution is 2.49. The van der Waals surface area contributed by atoms with Gasteiger partial charge < -0.3 is 15.4 Å². The lowest BCUT2D eigenvalue weighted by Crippen LogP contribution is -2.29. The molecule has 3 heterocycles. The number of hydrogen-bond donors (Lipinski definition) is 2. The quantitative estimate of drug-likeness (QED) is 0.717. The number of nitrogens with two attached hydrogens (primary N) is 1. The number of fused-ring (bicyclic) bond motifs is 4. The second-order valence-electron chi connectivity index (χ2n) is 6.50. The van der Waals surface area contributed by atoms with Crippen LogP contribution in [0.1, 0.15) is 35.4 Å². The lowest BCUT2D eigenvalue weighted by molar-refractivity contribution is 0.0707. The van der Waals surface area contributed by atoms with E-state index in [0.717, 1.165) is 29.8 Å². The van der Waals surface area contributed by atoms with Gasteiger partial charge in [-0.2, -0.15) is 0 Å². The van der Waals surface area contributed by atoms with Gasteiger partial charge in [0.1, 0.15) is 0 Å². The normalized spacial score (nSPS) is 24.3. The van der Waals surface area contributed by atoms with Crippen LogP contribution in [0.15, 0.2) is 43.0 Å². The van der Waals surface area contributed by atoms with Gasteiger partial charge >= 0.3 is 0 Å². The predicted molar refractivity (Wildman–Crippen MR) is 89.0 cm³/mol. The number of rotatable bonds is 1. The smallest absolute Gasteiger partial charge is 0.220 e. The van der Waals surface area contributed by atoms with Crippen LogP contribution in [0.2, 0.25) is 0 Å². The summed E-state index contributed by atoms with van der Waals surface area (Å²) in [6.07, 6.45) is 6.46. The zero-order chi connectivity index (χ0) is 16.3. The van der Waals surface area contributed by atoms with Crippen LogP contribution in [0.25, 0.3) is 11.3 Å². The molecule has 0 spiro atoms. The highest BCUT2D eigenvalue weighted by molar-refractivity contribution is 5.69. The van der Waals surface area contributed by atoms with Crippen molar-refractivity contribution in [1.29, 1.82) is 0 Å². The molecule has 6 nitrogen and oxygen atoms in total. The van der Waals surface area contributed by atoms with E-state index in [0.29, 0.717) is 0 Å². The molecule has 1 aromatic carbocycles. The molecular weight excluding hydrogens is 302 g/mol. The maximum atomic E-state index is 11.0. The minimum absolute atomic E-state index is 0.0568. The first-order chi connectivity index (χ1) is 11.7. The molecule has 1 aliphatic heterocycles. The van der Waals surface area contributed by atoms with Crippen LogP contribution in [0.5, 0.6) is 0 Å². The van der Waals surface area contributed by atoms with E-state index in [1.54, 1.807) is 6.20 Å². The van der Waals surface area contributed by atoms with Gasteiger partial charge in [-0.15, -0.1) is 0 Å². The summed E-state index contributed by atoms with van der Waals surface area (Å²) in [6, 6.07) is 8.45. The number of hydrogen-bond acceptors (Lipinski definition) is 5. The molecule has 6 heteroatoms. The third-order valence-electron chi connectivity index (χ3n) is 5.28. The number of anilines is 1. The molecule has 1 aliphatic carbocycles. The molecule has 3 N–H and O–H groups in total. The molecular formula is C18H17N5O. The number of aliphatic hydroxyl groups excluding tert-OH is 1. The summed E-state index contributed by atoms with van der Waals surface area (Å²) < 4.78 is 2.18. The molecule has 0 saturated carbocycles. The van der Waals surface area contributed by atoms with Crippen molar-refractivity contribution in [3.8, 4) is 11.3 Å². The summed E-state index contributed by atoms with van der Waals surface area (Å²) in [5.74, 6) is 0.323. The average Bonchev–Trinajstić information content (AvgIpc) is 3.16. The van der Waals surface area contributed by atoms with Crippen LogP contribution < -0.4 is 5.73 Å². The summed E-state index contributed by atoms with van der Waals surface area (Å²) in [6.45, 7) is 0. The number of nitrogens with zero attached hydrogens (tertiary/aromatic N) is 4. The average molecular weight is 319 g/mol. The largest absolute Gasteiger partial charge is 0.388 e. The molecule has 1 unspecified atom stereocenters. The van der Waals surface area contributed by atoms with Gasteiger partial charge in [0.15, 0.2) is 0 Å². The minimum atomic E-state index is -0.610. The highest BCUT2D eigenvalue weighted by Gasteiger charge is 2.40. The highest BCUT2D eigenvalue weighted by atomic mass is 16.3. The number of nitrogen functional groups attached to an aromatic ring is 1. The van der Waals surface area contributed by atoms with Crippen LogP contribution in [0.3, 0.4) is 0 Å². The molecule has 0 fully saturated rings. The Hall–Kier alpha value is -2.73. The lowest BCUT2D eigenvalue weighted by Gasteiger charge is -2.34. The molecule has 0 amide bonds. The number of benzene rings is 1. The Balaban J connectivity index is 1.62. The summed E-state index contributed by atoms with van der Waals surface area (Å²) >= 11 is 0. The van der Waals surface area contributed by atoms with Crippen molar-refractivity contribution < 1.29 is 5.11 Å². The monoisotopic (exact) mass is 319 g/mol. The first-order valence-corrected chi connectivity index (χ1v) is 8.14. The van der Waals surface area contributed by atoms with Gasteiger partial charge in [0, 0.05) is 23.2 Å². The molecule has 0 radical (unpaired) electrons. The summed E-state index contributed by atoms with van der Waals surface area (Å²) in [4.78, 5) is 12.7. The number of aryl methyl sites for hydroxylation is 1. The summed E-state index contributed by atoms with van der Waals surface area (Å²) in [5.41, 5.74) is 10.9. The SMILES string of the molecule is Nc1ncc2c(n1)CC[C@H](C1c3ccccc3-c3cncn31)[C@H]2O. The number of aromatic nitrogens is 4. The molecule has 0 bridgehead atoms. The van der Waals surface area contributed by atoms with Crippen molar-refractivity contribution in [2.75, 3.05) is 5.73 Å². The van der Waals surface area contributed by atoms with Crippen molar-refractivity contribution in [3.63, 3.8) is 0 Å². The Morgan fingerprint density at radius 2 is 2.04 bits per heavy atom. The van der Waals surface area contributed by atoms with Crippen molar-refractivity contribution in [2.24, 2.45) is 5.92 Å². The predicted octanol–water partition coefficient (Wildman–Crippen LogP) is 2.12. The van der Waals surface area contributed by atoms with Gasteiger partial charge in [0.05, 0.1) is 36.1 Å². The third kappa shape index (κ3) is 1.77. The van der Waals surface area contributed by atoms with Gasteiger partial charge in [-0.25, -0.2) is 15.0 Å². The molecule has 2 aliphatic rings. The maximum absolute atomic E-state index is 11.0. The van der Waals surface area contributed by atoms with E-state index in [9.17, 15) is 5.11 Å². The zero-order valence-corrected chi connectivity index (χ0v) is 13.0. The molecule has 3 aromatic rings. The zero-order valence-electron chi connectivity index (χ0n) is 13.0. The van der Waals surface area contributed by atoms with E-state index in [-0.39, 0.29) is 17.9 Å². The van der Waals surface area contributed by atoms with Gasteiger partial charge in [0.25, 0.3) is 0 Å². The molecule has 24 heavy (non-hydrogen) atoms. The Bertz CT molecular complexity index is 935. The maximum Gasteiger partial charge on any atom is 0.220 e. The minimum Gasteiger partial charge on any atom is -0.388 e. The lowest BCUT2D eigenvalue weighted by atomic mass is 9.78. The summed E-state index contributed by atoms with van der Waals surface area (Å²) in [7, 11) is 0. The number of aliphatic hydroxyl groups is 1. The van der Waals surface area contributed by atoms with Crippen molar-refractivity contribution in [3.05, 3.63) is 59.8 Å². The first-order valence-electron chi connectivity index (χ1n) is 8.14.